The highest BCUT2D eigenvalue weighted by Gasteiger charge is 2.08. The van der Waals surface area contributed by atoms with Crippen molar-refractivity contribution in [2.45, 2.75) is 40.7 Å². The Labute approximate surface area is 182 Å². The highest BCUT2D eigenvalue weighted by atomic mass is 127. The smallest absolute Gasteiger partial charge is 0.191 e. The van der Waals surface area contributed by atoms with Crippen molar-refractivity contribution in [2.24, 2.45) is 4.99 Å². The molecule has 0 aliphatic rings. The first-order valence-corrected chi connectivity index (χ1v) is 9.91. The molecular formula is C20H28IN5S. The fourth-order valence-electron chi connectivity index (χ4n) is 3.18. The van der Waals surface area contributed by atoms with Crippen LogP contribution in [0, 0.1) is 20.8 Å². The summed E-state index contributed by atoms with van der Waals surface area (Å²) in [4.78, 5) is 13.9. The zero-order chi connectivity index (χ0) is 18.5. The van der Waals surface area contributed by atoms with E-state index in [1.54, 1.807) is 11.3 Å². The Kier molecular flexibility index (Phi) is 8.09. The van der Waals surface area contributed by atoms with Gasteiger partial charge in [-0.1, -0.05) is 18.2 Å². The number of hydrogen-bond acceptors (Lipinski definition) is 3. The first-order chi connectivity index (χ1) is 12.6. The van der Waals surface area contributed by atoms with Crippen LogP contribution in [0.25, 0.3) is 10.9 Å². The highest BCUT2D eigenvalue weighted by Crippen LogP contribution is 2.22. The molecule has 0 saturated heterocycles. The largest absolute Gasteiger partial charge is 0.358 e. The minimum Gasteiger partial charge on any atom is -0.358 e. The normalized spacial score (nSPS) is 11.5. The number of halogens is 1. The van der Waals surface area contributed by atoms with Gasteiger partial charge in [-0.25, -0.2) is 9.98 Å². The van der Waals surface area contributed by atoms with Gasteiger partial charge < -0.3 is 15.6 Å². The number of aromatic nitrogens is 2. The quantitative estimate of drug-likeness (QED) is 0.268. The summed E-state index contributed by atoms with van der Waals surface area (Å²) in [6.07, 6.45) is 0.957. The summed E-state index contributed by atoms with van der Waals surface area (Å²) >= 11 is 1.72. The SMILES string of the molecule is CCNC(=NCc1sc(C)nc1C)NCCc1c(C)[nH]c2ccccc12.I. The topological polar surface area (TPSA) is 65.1 Å². The van der Waals surface area contributed by atoms with Gasteiger partial charge in [0, 0.05) is 34.6 Å². The summed E-state index contributed by atoms with van der Waals surface area (Å²) in [6.45, 7) is 10.7. The molecule has 0 aliphatic heterocycles. The fraction of sp³-hybridized carbons (Fsp3) is 0.400. The van der Waals surface area contributed by atoms with Gasteiger partial charge in [0.1, 0.15) is 0 Å². The second-order valence-electron chi connectivity index (χ2n) is 6.39. The van der Waals surface area contributed by atoms with Crippen molar-refractivity contribution in [2.75, 3.05) is 13.1 Å². The molecule has 0 saturated carbocycles. The lowest BCUT2D eigenvalue weighted by molar-refractivity contribution is 0.799. The number of para-hydroxylation sites is 1. The third-order valence-electron chi connectivity index (χ3n) is 4.42. The average Bonchev–Trinajstić information content (AvgIpc) is 3.11. The summed E-state index contributed by atoms with van der Waals surface area (Å²) in [5.41, 5.74) is 4.90. The molecule has 7 heteroatoms. The summed E-state index contributed by atoms with van der Waals surface area (Å²) in [7, 11) is 0. The molecule has 0 spiro atoms. The molecule has 27 heavy (non-hydrogen) atoms. The Balaban J connectivity index is 0.00000261. The van der Waals surface area contributed by atoms with Crippen molar-refractivity contribution in [1.29, 1.82) is 0 Å². The average molecular weight is 497 g/mol. The van der Waals surface area contributed by atoms with E-state index in [0.717, 1.165) is 36.2 Å². The molecule has 2 heterocycles. The minimum absolute atomic E-state index is 0. The van der Waals surface area contributed by atoms with E-state index in [2.05, 4.69) is 65.6 Å². The molecule has 0 radical (unpaired) electrons. The maximum absolute atomic E-state index is 4.72. The molecule has 0 amide bonds. The predicted molar refractivity (Wildman–Crippen MR) is 127 cm³/mol. The van der Waals surface area contributed by atoms with Gasteiger partial charge in [0.05, 0.1) is 17.2 Å². The minimum atomic E-state index is 0. The van der Waals surface area contributed by atoms with E-state index in [9.17, 15) is 0 Å². The van der Waals surface area contributed by atoms with Crippen molar-refractivity contribution in [1.82, 2.24) is 20.6 Å². The van der Waals surface area contributed by atoms with Crippen LogP contribution in [0.15, 0.2) is 29.3 Å². The lowest BCUT2D eigenvalue weighted by Crippen LogP contribution is -2.38. The molecule has 3 rings (SSSR count). The molecule has 0 aliphatic carbocycles. The van der Waals surface area contributed by atoms with Crippen molar-refractivity contribution in [3.63, 3.8) is 0 Å². The van der Waals surface area contributed by atoms with Gasteiger partial charge in [-0.2, -0.15) is 0 Å². The molecular weight excluding hydrogens is 469 g/mol. The fourth-order valence-corrected chi connectivity index (χ4v) is 4.04. The standard InChI is InChI=1S/C20H27N5S.HI/c1-5-21-20(23-12-19-14(3)24-15(4)26-19)22-11-10-16-13(2)25-18-9-7-6-8-17(16)18;/h6-9,25H,5,10-12H2,1-4H3,(H2,21,22,23);1H. The Morgan fingerprint density at radius 3 is 2.67 bits per heavy atom. The maximum Gasteiger partial charge on any atom is 0.191 e. The molecule has 2 aromatic heterocycles. The van der Waals surface area contributed by atoms with E-state index in [4.69, 9.17) is 4.99 Å². The van der Waals surface area contributed by atoms with Crippen LogP contribution in [0.1, 0.15) is 33.8 Å². The third kappa shape index (κ3) is 5.44. The molecule has 1 aromatic carbocycles. The molecule has 5 nitrogen and oxygen atoms in total. The lowest BCUT2D eigenvalue weighted by atomic mass is 10.1. The number of aromatic amines is 1. The zero-order valence-electron chi connectivity index (χ0n) is 16.3. The number of aliphatic imine (C=N–C) groups is 1. The Hall–Kier alpha value is -1.61. The van der Waals surface area contributed by atoms with E-state index >= 15 is 0 Å². The second kappa shape index (κ2) is 10.1. The number of aryl methyl sites for hydroxylation is 3. The van der Waals surface area contributed by atoms with Crippen LogP contribution >= 0.6 is 35.3 Å². The van der Waals surface area contributed by atoms with Crippen LogP contribution in [0.2, 0.25) is 0 Å². The first kappa shape index (κ1) is 21.7. The van der Waals surface area contributed by atoms with Crippen LogP contribution in [0.4, 0.5) is 0 Å². The Morgan fingerprint density at radius 1 is 1.19 bits per heavy atom. The molecule has 146 valence electrons. The van der Waals surface area contributed by atoms with Crippen LogP contribution in [-0.2, 0) is 13.0 Å². The van der Waals surface area contributed by atoms with Crippen LogP contribution < -0.4 is 10.6 Å². The van der Waals surface area contributed by atoms with E-state index < -0.39 is 0 Å². The second-order valence-corrected chi connectivity index (χ2v) is 7.68. The number of nitrogens with zero attached hydrogens (tertiary/aromatic N) is 2. The molecule has 0 atom stereocenters. The van der Waals surface area contributed by atoms with Crippen molar-refractivity contribution in [3.05, 3.63) is 51.1 Å². The summed E-state index contributed by atoms with van der Waals surface area (Å²) < 4.78 is 0. The number of thiazole rings is 1. The van der Waals surface area contributed by atoms with Crippen LogP contribution in [0.3, 0.4) is 0 Å². The molecule has 3 N–H and O–H groups in total. The maximum atomic E-state index is 4.72. The highest BCUT2D eigenvalue weighted by molar-refractivity contribution is 14.0. The number of hydrogen-bond donors (Lipinski definition) is 3. The summed E-state index contributed by atoms with van der Waals surface area (Å²) in [5, 5.41) is 9.19. The van der Waals surface area contributed by atoms with Gasteiger partial charge in [0.2, 0.25) is 0 Å². The number of guanidine groups is 1. The molecule has 0 fully saturated rings. The van der Waals surface area contributed by atoms with E-state index in [0.29, 0.717) is 6.54 Å². The van der Waals surface area contributed by atoms with Crippen molar-refractivity contribution in [3.8, 4) is 0 Å². The monoisotopic (exact) mass is 497 g/mol. The van der Waals surface area contributed by atoms with Gasteiger partial charge in [0.25, 0.3) is 0 Å². The molecule has 0 bridgehead atoms. The summed E-state index contributed by atoms with van der Waals surface area (Å²) in [6, 6.07) is 8.48. The number of H-pyrrole nitrogens is 1. The van der Waals surface area contributed by atoms with E-state index in [1.165, 1.54) is 27.0 Å². The number of nitrogens with one attached hydrogen (secondary N) is 3. The molecule has 3 aromatic rings. The van der Waals surface area contributed by atoms with Gasteiger partial charge >= 0.3 is 0 Å². The van der Waals surface area contributed by atoms with E-state index in [1.807, 2.05) is 6.92 Å². The van der Waals surface area contributed by atoms with Crippen molar-refractivity contribution < 1.29 is 0 Å². The van der Waals surface area contributed by atoms with Crippen LogP contribution in [-0.4, -0.2) is 29.0 Å². The van der Waals surface area contributed by atoms with Gasteiger partial charge in [-0.3, -0.25) is 0 Å². The molecule has 0 unspecified atom stereocenters. The van der Waals surface area contributed by atoms with Gasteiger partial charge in [-0.05, 0) is 45.7 Å². The third-order valence-corrected chi connectivity index (χ3v) is 5.48. The van der Waals surface area contributed by atoms with E-state index in [-0.39, 0.29) is 24.0 Å². The number of benzene rings is 1. The lowest BCUT2D eigenvalue weighted by Gasteiger charge is -2.11. The Morgan fingerprint density at radius 2 is 1.96 bits per heavy atom. The zero-order valence-corrected chi connectivity index (χ0v) is 19.5. The predicted octanol–water partition coefficient (Wildman–Crippen LogP) is 4.47. The van der Waals surface area contributed by atoms with Gasteiger partial charge in [-0.15, -0.1) is 35.3 Å². The summed E-state index contributed by atoms with van der Waals surface area (Å²) in [5.74, 6) is 0.857. The number of rotatable bonds is 6. The first-order valence-electron chi connectivity index (χ1n) is 9.09. The number of fused-ring (bicyclic) bond motifs is 1. The van der Waals surface area contributed by atoms with Crippen LogP contribution in [0.5, 0.6) is 0 Å². The Bertz CT molecular complexity index is 912. The van der Waals surface area contributed by atoms with Gasteiger partial charge in [0.15, 0.2) is 5.96 Å². The van der Waals surface area contributed by atoms with Crippen molar-refractivity contribution >= 4 is 52.2 Å².